The summed E-state index contributed by atoms with van der Waals surface area (Å²) in [5.74, 6) is 0.261. The van der Waals surface area contributed by atoms with E-state index in [0.29, 0.717) is 63.1 Å². The number of ether oxygens (including phenoxy) is 3. The quantitative estimate of drug-likeness (QED) is 0.322. The number of carbonyl (C=O) groups excluding carboxylic acids is 3. The first kappa shape index (κ1) is 39.0. The first-order chi connectivity index (χ1) is 23.6. The zero-order chi connectivity index (χ0) is 36.6. The van der Waals surface area contributed by atoms with E-state index in [2.05, 4.69) is 15.3 Å². The van der Waals surface area contributed by atoms with Crippen LogP contribution in [0.3, 0.4) is 0 Å². The van der Waals surface area contributed by atoms with Gasteiger partial charge in [-0.2, -0.15) is 0 Å². The number of aromatic nitrogens is 3. The van der Waals surface area contributed by atoms with Crippen molar-refractivity contribution < 1.29 is 28.6 Å². The summed E-state index contributed by atoms with van der Waals surface area (Å²) in [6.45, 7) is 18.8. The van der Waals surface area contributed by atoms with Crippen LogP contribution in [0.4, 0.5) is 10.6 Å². The van der Waals surface area contributed by atoms with Gasteiger partial charge < -0.3 is 34.2 Å². The van der Waals surface area contributed by atoms with Crippen molar-refractivity contribution in [3.05, 3.63) is 47.7 Å². The molecule has 2 aromatic heterocycles. The van der Waals surface area contributed by atoms with Gasteiger partial charge in [0.25, 0.3) is 5.91 Å². The first-order valence-corrected chi connectivity index (χ1v) is 17.8. The molecule has 1 N–H and O–H groups in total. The molecule has 2 saturated heterocycles. The average Bonchev–Trinajstić information content (AvgIpc) is 3.07. The molecule has 2 aliphatic heterocycles. The monoisotopic (exact) mass is 695 g/mol. The van der Waals surface area contributed by atoms with Crippen molar-refractivity contribution in [3.63, 3.8) is 0 Å². The Morgan fingerprint density at radius 3 is 2.52 bits per heavy atom. The van der Waals surface area contributed by atoms with Gasteiger partial charge in [-0.3, -0.25) is 14.6 Å². The predicted molar refractivity (Wildman–Crippen MR) is 191 cm³/mol. The summed E-state index contributed by atoms with van der Waals surface area (Å²) in [7, 11) is 1.65. The number of amides is 3. The molecule has 0 bridgehead atoms. The Kier molecular flexibility index (Phi) is 13.2. The summed E-state index contributed by atoms with van der Waals surface area (Å²) in [5, 5.41) is 3.35. The number of nitrogens with zero attached hydrogens (tertiary/aromatic N) is 6. The van der Waals surface area contributed by atoms with Crippen molar-refractivity contribution in [3.8, 4) is 0 Å². The lowest BCUT2D eigenvalue weighted by Crippen LogP contribution is -2.58. The Morgan fingerprint density at radius 1 is 1.12 bits per heavy atom. The van der Waals surface area contributed by atoms with E-state index in [4.69, 9.17) is 19.2 Å². The van der Waals surface area contributed by atoms with Crippen molar-refractivity contribution in [1.29, 1.82) is 0 Å². The summed E-state index contributed by atoms with van der Waals surface area (Å²) in [6, 6.07) is 3.02. The van der Waals surface area contributed by atoms with Crippen LogP contribution in [0.25, 0.3) is 0 Å². The minimum absolute atomic E-state index is 0.0873. The van der Waals surface area contributed by atoms with Gasteiger partial charge in [-0.1, -0.05) is 40.7 Å². The standard InChI is InChI=1S/C37H57N7O6/c1-25(2)21-44(33(46)29-20-40-34(36(3,4)5)41-31(29)39-14-11-16-48-9)28-18-27(22-42(23-28)35(47)50-37(6,7)8)32(45)43-15-17-49-24-30(43)26-12-10-13-38-19-26/h10,12-13,19-20,25,27-28,30H,11,14-18,21-24H2,1-9H3,(H,39,40,41)/t27-,28+,30?/m1/s1. The Hall–Kier alpha value is -3.84. The van der Waals surface area contributed by atoms with Gasteiger partial charge in [-0.15, -0.1) is 0 Å². The van der Waals surface area contributed by atoms with Crippen LogP contribution in [0.2, 0.25) is 0 Å². The number of likely N-dealkylation sites (tertiary alicyclic amines) is 1. The van der Waals surface area contributed by atoms with E-state index < -0.39 is 23.7 Å². The molecule has 13 nitrogen and oxygen atoms in total. The summed E-state index contributed by atoms with van der Waals surface area (Å²) in [4.78, 5) is 61.8. The smallest absolute Gasteiger partial charge is 0.410 e. The summed E-state index contributed by atoms with van der Waals surface area (Å²) in [5.41, 5.74) is 0.165. The third-order valence-corrected chi connectivity index (χ3v) is 8.68. The van der Waals surface area contributed by atoms with Gasteiger partial charge in [0.1, 0.15) is 22.8 Å². The van der Waals surface area contributed by atoms with Gasteiger partial charge in [-0.05, 0) is 51.2 Å². The number of hydrogen-bond acceptors (Lipinski definition) is 10. The number of carbonyl (C=O) groups is 3. The average molecular weight is 696 g/mol. The van der Waals surface area contributed by atoms with Crippen LogP contribution in [0.15, 0.2) is 30.7 Å². The molecule has 0 spiro atoms. The molecule has 0 saturated carbocycles. The molecule has 0 radical (unpaired) electrons. The van der Waals surface area contributed by atoms with Crippen LogP contribution in [-0.2, 0) is 24.4 Å². The van der Waals surface area contributed by atoms with Gasteiger partial charge >= 0.3 is 6.09 Å². The molecule has 50 heavy (non-hydrogen) atoms. The molecule has 13 heteroatoms. The highest BCUT2D eigenvalue weighted by atomic mass is 16.6. The summed E-state index contributed by atoms with van der Waals surface area (Å²) in [6.07, 6.45) is 5.66. The molecule has 2 aliphatic rings. The molecule has 4 rings (SSSR count). The summed E-state index contributed by atoms with van der Waals surface area (Å²) >= 11 is 0. The first-order valence-electron chi connectivity index (χ1n) is 17.8. The minimum Gasteiger partial charge on any atom is -0.444 e. The number of methoxy groups -OCH3 is 1. The van der Waals surface area contributed by atoms with Gasteiger partial charge in [0, 0.05) is 70.4 Å². The van der Waals surface area contributed by atoms with Gasteiger partial charge in [-0.25, -0.2) is 14.8 Å². The van der Waals surface area contributed by atoms with Crippen LogP contribution >= 0.6 is 0 Å². The van der Waals surface area contributed by atoms with Crippen molar-refractivity contribution in [1.82, 2.24) is 29.7 Å². The molecule has 3 atom stereocenters. The second kappa shape index (κ2) is 16.9. The lowest BCUT2D eigenvalue weighted by atomic mass is 9.90. The predicted octanol–water partition coefficient (Wildman–Crippen LogP) is 4.94. The molecular weight excluding hydrogens is 638 g/mol. The second-order valence-corrected chi connectivity index (χ2v) is 15.7. The lowest BCUT2D eigenvalue weighted by molar-refractivity contribution is -0.147. The maximum atomic E-state index is 14.7. The number of hydrogen-bond donors (Lipinski definition) is 1. The Labute approximate surface area is 297 Å². The number of rotatable bonds is 11. The highest BCUT2D eigenvalue weighted by molar-refractivity contribution is 5.98. The molecule has 0 aromatic carbocycles. The van der Waals surface area contributed by atoms with Crippen molar-refractivity contribution in [2.45, 2.75) is 91.3 Å². The molecule has 3 amide bonds. The molecule has 2 aromatic rings. The van der Waals surface area contributed by atoms with Crippen molar-refractivity contribution >= 4 is 23.7 Å². The molecular formula is C37H57N7O6. The van der Waals surface area contributed by atoms with Crippen LogP contribution in [0.1, 0.15) is 96.0 Å². The molecule has 2 fully saturated rings. The third kappa shape index (κ3) is 10.3. The highest BCUT2D eigenvalue weighted by Gasteiger charge is 2.43. The van der Waals surface area contributed by atoms with Gasteiger partial charge in [0.05, 0.1) is 31.2 Å². The van der Waals surface area contributed by atoms with Gasteiger partial charge in [0.15, 0.2) is 0 Å². The number of morpholine rings is 1. The maximum Gasteiger partial charge on any atom is 0.410 e. The fourth-order valence-corrected chi connectivity index (χ4v) is 6.31. The number of nitrogens with one attached hydrogen (secondary N) is 1. The van der Waals surface area contributed by atoms with Crippen molar-refractivity contribution in [2.24, 2.45) is 11.8 Å². The summed E-state index contributed by atoms with van der Waals surface area (Å²) < 4.78 is 16.8. The number of piperidine rings is 1. The van der Waals surface area contributed by atoms with Crippen LogP contribution in [0, 0.1) is 11.8 Å². The third-order valence-electron chi connectivity index (χ3n) is 8.68. The SMILES string of the molecule is COCCCNc1nc(C(C)(C)C)ncc1C(=O)N(CC(C)C)[C@H]1C[C@@H](C(=O)N2CCOCC2c2cccnc2)CN(C(=O)OC(C)(C)C)C1. The topological polar surface area (TPSA) is 139 Å². The lowest BCUT2D eigenvalue weighted by Gasteiger charge is -2.45. The minimum atomic E-state index is -0.734. The Balaban J connectivity index is 1.71. The molecule has 276 valence electrons. The number of pyridine rings is 1. The van der Waals surface area contributed by atoms with E-state index in [1.165, 1.54) is 0 Å². The molecule has 1 unspecified atom stereocenters. The highest BCUT2D eigenvalue weighted by Crippen LogP contribution is 2.32. The largest absolute Gasteiger partial charge is 0.444 e. The zero-order valence-electron chi connectivity index (χ0n) is 31.4. The maximum absolute atomic E-state index is 14.7. The molecule has 4 heterocycles. The van der Waals surface area contributed by atoms with E-state index in [1.54, 1.807) is 35.5 Å². The Morgan fingerprint density at radius 2 is 1.88 bits per heavy atom. The van der Waals surface area contributed by atoms with Crippen LogP contribution in [-0.4, -0.2) is 119 Å². The van der Waals surface area contributed by atoms with Crippen molar-refractivity contribution in [2.75, 3.05) is 65.0 Å². The number of anilines is 1. The normalized spacial score (nSPS) is 20.1. The van der Waals surface area contributed by atoms with Gasteiger partial charge in [0.2, 0.25) is 5.91 Å². The Bertz CT molecular complexity index is 1440. The fourth-order valence-electron chi connectivity index (χ4n) is 6.31. The zero-order valence-corrected chi connectivity index (χ0v) is 31.4. The van der Waals surface area contributed by atoms with E-state index in [0.717, 1.165) is 12.0 Å². The van der Waals surface area contributed by atoms with E-state index in [1.807, 2.05) is 72.4 Å². The van der Waals surface area contributed by atoms with Crippen LogP contribution < -0.4 is 5.32 Å². The van der Waals surface area contributed by atoms with Crippen LogP contribution in [0.5, 0.6) is 0 Å². The molecule has 0 aliphatic carbocycles. The van der Waals surface area contributed by atoms with E-state index in [9.17, 15) is 14.4 Å². The fraction of sp³-hybridized carbons (Fsp3) is 0.676. The van der Waals surface area contributed by atoms with E-state index >= 15 is 0 Å². The van der Waals surface area contributed by atoms with E-state index in [-0.39, 0.29) is 42.3 Å². The second-order valence-electron chi connectivity index (χ2n) is 15.7.